The summed E-state index contributed by atoms with van der Waals surface area (Å²) < 4.78 is 36.4. The summed E-state index contributed by atoms with van der Waals surface area (Å²) in [6, 6.07) is 6.66. The van der Waals surface area contributed by atoms with E-state index in [9.17, 15) is 13.2 Å². The number of hydrogen-bond acceptors (Lipinski definition) is 5. The minimum Gasteiger partial charge on any atom is -0.481 e. The molecule has 0 aliphatic carbocycles. The first-order chi connectivity index (χ1) is 13.4. The fourth-order valence-corrected chi connectivity index (χ4v) is 5.05. The van der Waals surface area contributed by atoms with E-state index >= 15 is 0 Å². The van der Waals surface area contributed by atoms with Crippen molar-refractivity contribution < 1.29 is 27.2 Å². The number of hydrogen-bond donors (Lipinski definition) is 1. The van der Waals surface area contributed by atoms with Gasteiger partial charge in [-0.15, -0.1) is 0 Å². The highest BCUT2D eigenvalue weighted by Crippen LogP contribution is 2.45. The number of aliphatic carboxylic acids is 1. The summed E-state index contributed by atoms with van der Waals surface area (Å²) in [5, 5.41) is 8.67. The first-order valence-electron chi connectivity index (χ1n) is 9.85. The second kappa shape index (κ2) is 9.20. The minimum atomic E-state index is -3.77. The Hall–Kier alpha value is -1.70. The Labute approximate surface area is 166 Å². The minimum absolute atomic E-state index is 0.0580. The van der Waals surface area contributed by atoms with Crippen LogP contribution in [-0.2, 0) is 23.8 Å². The van der Waals surface area contributed by atoms with Crippen LogP contribution in [0.4, 0.5) is 0 Å². The van der Waals surface area contributed by atoms with Gasteiger partial charge in [0.15, 0.2) is 0 Å². The van der Waals surface area contributed by atoms with Gasteiger partial charge in [0, 0.05) is 12.3 Å². The third kappa shape index (κ3) is 5.21. The van der Waals surface area contributed by atoms with Gasteiger partial charge in [-0.2, -0.15) is 8.42 Å². The molecule has 0 saturated carbocycles. The molecule has 154 valence electrons. The molecule has 1 N–H and O–H groups in total. The summed E-state index contributed by atoms with van der Waals surface area (Å²) in [6.45, 7) is 2.04. The number of unbranched alkanes of at least 4 members (excludes halogenated alkanes) is 1. The van der Waals surface area contributed by atoms with Crippen LogP contribution in [0.3, 0.4) is 0 Å². The number of allylic oxidation sites excluding steroid dienone is 2. The number of fused-ring (bicyclic) bond motifs is 2. The van der Waals surface area contributed by atoms with Crippen molar-refractivity contribution in [2.24, 2.45) is 11.8 Å². The Bertz CT molecular complexity index is 799. The fourth-order valence-electron chi connectivity index (χ4n) is 4.11. The van der Waals surface area contributed by atoms with Crippen LogP contribution in [-0.4, -0.2) is 38.3 Å². The molecule has 2 bridgehead atoms. The molecule has 1 aromatic rings. The summed E-state index contributed by atoms with van der Waals surface area (Å²) in [7, 11) is -3.77. The number of rotatable bonds is 10. The van der Waals surface area contributed by atoms with E-state index in [4.69, 9.17) is 14.0 Å². The average Bonchev–Trinajstić information content (AvgIpc) is 3.24. The van der Waals surface area contributed by atoms with E-state index in [1.807, 2.05) is 13.0 Å². The summed E-state index contributed by atoms with van der Waals surface area (Å²) >= 11 is 0. The lowest BCUT2D eigenvalue weighted by Crippen LogP contribution is -2.31. The predicted octanol–water partition coefficient (Wildman–Crippen LogP) is 3.70. The van der Waals surface area contributed by atoms with Gasteiger partial charge >= 0.3 is 5.97 Å². The van der Waals surface area contributed by atoms with Crippen molar-refractivity contribution in [3.8, 4) is 0 Å². The Kier molecular flexibility index (Phi) is 6.91. The molecule has 28 heavy (non-hydrogen) atoms. The highest BCUT2D eigenvalue weighted by atomic mass is 32.2. The van der Waals surface area contributed by atoms with E-state index in [2.05, 4.69) is 6.08 Å². The van der Waals surface area contributed by atoms with E-state index in [-0.39, 0.29) is 42.0 Å². The summed E-state index contributed by atoms with van der Waals surface area (Å²) in [6.07, 6.45) is 8.58. The van der Waals surface area contributed by atoms with Crippen LogP contribution >= 0.6 is 0 Å². The van der Waals surface area contributed by atoms with Crippen LogP contribution in [0.15, 0.2) is 41.3 Å². The second-order valence-electron chi connectivity index (χ2n) is 7.66. The first kappa shape index (κ1) is 21.0. The van der Waals surface area contributed by atoms with E-state index in [1.165, 1.54) is 0 Å². The Morgan fingerprint density at radius 1 is 1.18 bits per heavy atom. The normalized spacial score (nSPS) is 26.9. The van der Waals surface area contributed by atoms with Crippen LogP contribution < -0.4 is 0 Å². The van der Waals surface area contributed by atoms with Gasteiger partial charge in [0.1, 0.15) is 0 Å². The number of carboxylic acid groups (broad SMARTS) is 1. The molecule has 0 amide bonds. The van der Waals surface area contributed by atoms with Gasteiger partial charge in [0.25, 0.3) is 10.1 Å². The highest BCUT2D eigenvalue weighted by molar-refractivity contribution is 7.86. The second-order valence-corrected chi connectivity index (χ2v) is 9.28. The van der Waals surface area contributed by atoms with E-state index in [0.717, 1.165) is 31.2 Å². The summed E-state index contributed by atoms with van der Waals surface area (Å²) in [4.78, 5) is 10.7. The molecule has 4 atom stereocenters. The highest BCUT2D eigenvalue weighted by Gasteiger charge is 2.48. The van der Waals surface area contributed by atoms with Gasteiger partial charge in [-0.25, -0.2) is 0 Å². The molecule has 3 rings (SSSR count). The lowest BCUT2D eigenvalue weighted by molar-refractivity contribution is -0.137. The molecular formula is C21H28O6S. The smallest absolute Gasteiger partial charge is 0.303 e. The lowest BCUT2D eigenvalue weighted by Gasteiger charge is -2.26. The Morgan fingerprint density at radius 3 is 2.54 bits per heavy atom. The molecule has 0 spiro atoms. The monoisotopic (exact) mass is 408 g/mol. The van der Waals surface area contributed by atoms with Crippen molar-refractivity contribution in [3.05, 3.63) is 42.0 Å². The molecule has 2 saturated heterocycles. The lowest BCUT2D eigenvalue weighted by atomic mass is 9.78. The zero-order valence-corrected chi connectivity index (χ0v) is 16.9. The molecule has 2 aliphatic heterocycles. The van der Waals surface area contributed by atoms with Gasteiger partial charge in [0.05, 0.1) is 23.7 Å². The topological polar surface area (TPSA) is 89.9 Å². The van der Waals surface area contributed by atoms with Crippen LogP contribution in [0.25, 0.3) is 0 Å². The quantitative estimate of drug-likeness (QED) is 0.361. The van der Waals surface area contributed by atoms with Gasteiger partial charge in [-0.3, -0.25) is 8.98 Å². The maximum Gasteiger partial charge on any atom is 0.303 e. The van der Waals surface area contributed by atoms with Crippen LogP contribution in [0.2, 0.25) is 0 Å². The molecule has 0 unspecified atom stereocenters. The van der Waals surface area contributed by atoms with E-state index < -0.39 is 16.1 Å². The van der Waals surface area contributed by atoms with E-state index in [1.54, 1.807) is 24.3 Å². The summed E-state index contributed by atoms with van der Waals surface area (Å²) in [5.41, 5.74) is 0.996. The molecule has 7 heteroatoms. The molecule has 0 radical (unpaired) electrons. The van der Waals surface area contributed by atoms with Crippen molar-refractivity contribution in [3.63, 3.8) is 0 Å². The third-order valence-corrected chi connectivity index (χ3v) is 6.95. The average molecular weight is 409 g/mol. The van der Waals surface area contributed by atoms with Crippen molar-refractivity contribution in [1.82, 2.24) is 0 Å². The predicted molar refractivity (Wildman–Crippen MR) is 104 cm³/mol. The zero-order chi connectivity index (χ0) is 20.1. The van der Waals surface area contributed by atoms with Gasteiger partial charge in [-0.1, -0.05) is 29.8 Å². The third-order valence-electron chi connectivity index (χ3n) is 5.65. The molecule has 2 aliphatic rings. The molecule has 6 nitrogen and oxygen atoms in total. The molecule has 2 fully saturated rings. The molecule has 0 aromatic heterocycles. The molecular weight excluding hydrogens is 380 g/mol. The SMILES string of the molecule is Cc1ccc(S(=O)(=O)OC[C@H]2[C@@H](CC=CCCCC(=O)O)[C@H]3CC[C@@H]2O3)cc1. The van der Waals surface area contributed by atoms with Crippen molar-refractivity contribution in [2.45, 2.75) is 62.6 Å². The van der Waals surface area contributed by atoms with Gasteiger partial charge < -0.3 is 9.84 Å². The van der Waals surface area contributed by atoms with Crippen LogP contribution in [0.5, 0.6) is 0 Å². The maximum atomic E-state index is 12.5. The summed E-state index contributed by atoms with van der Waals surface area (Å²) in [5.74, 6) is -0.479. The number of aryl methyl sites for hydroxylation is 1. The van der Waals surface area contributed by atoms with Crippen LogP contribution in [0.1, 0.15) is 44.1 Å². The largest absolute Gasteiger partial charge is 0.481 e. The first-order valence-corrected chi connectivity index (χ1v) is 11.3. The van der Waals surface area contributed by atoms with Gasteiger partial charge in [0.2, 0.25) is 0 Å². The molecule has 2 heterocycles. The van der Waals surface area contributed by atoms with Crippen LogP contribution in [0, 0.1) is 18.8 Å². The number of ether oxygens (including phenoxy) is 1. The number of benzene rings is 1. The van der Waals surface area contributed by atoms with Crippen molar-refractivity contribution in [2.75, 3.05) is 6.61 Å². The number of carbonyl (C=O) groups is 1. The Morgan fingerprint density at radius 2 is 1.86 bits per heavy atom. The Balaban J connectivity index is 1.55. The number of carboxylic acids is 1. The van der Waals surface area contributed by atoms with Gasteiger partial charge in [-0.05, 0) is 57.1 Å². The van der Waals surface area contributed by atoms with E-state index in [0.29, 0.717) is 6.42 Å². The fraction of sp³-hybridized carbons (Fsp3) is 0.571. The maximum absolute atomic E-state index is 12.5. The standard InChI is InChI=1S/C21H28O6S/c1-15-8-10-16(11-9-15)28(24,25)26-14-18-17(19-12-13-20(18)27-19)6-4-2-3-5-7-21(22)23/h2,4,8-11,17-20H,3,5-7,12-14H2,1H3,(H,22,23)/t17-,18+,19-,20+/m1/s1. The molecule has 1 aromatic carbocycles. The van der Waals surface area contributed by atoms with Crippen molar-refractivity contribution in [1.29, 1.82) is 0 Å². The van der Waals surface area contributed by atoms with Crippen molar-refractivity contribution >= 4 is 16.1 Å². The zero-order valence-electron chi connectivity index (χ0n) is 16.1.